The second-order valence-electron chi connectivity index (χ2n) is 4.67. The molecule has 1 aromatic carbocycles. The van der Waals surface area contributed by atoms with Crippen LogP contribution in [0, 0.1) is 5.92 Å². The third kappa shape index (κ3) is 3.52. The van der Waals surface area contributed by atoms with Gasteiger partial charge in [0.15, 0.2) is 0 Å². The topological polar surface area (TPSA) is 63.4 Å². The fourth-order valence-electron chi connectivity index (χ4n) is 2.10. The van der Waals surface area contributed by atoms with E-state index < -0.39 is 0 Å². The summed E-state index contributed by atoms with van der Waals surface area (Å²) in [5.74, 6) is -0.753. The van der Waals surface area contributed by atoms with E-state index in [1.54, 1.807) is 29.2 Å². The van der Waals surface area contributed by atoms with Crippen molar-refractivity contribution < 1.29 is 9.59 Å². The summed E-state index contributed by atoms with van der Waals surface area (Å²) in [4.78, 5) is 24.7. The van der Waals surface area contributed by atoms with Gasteiger partial charge in [-0.3, -0.25) is 9.59 Å². The van der Waals surface area contributed by atoms with Crippen LogP contribution in [0.15, 0.2) is 24.3 Å². The number of hydrogen-bond donors (Lipinski definition) is 1. The highest BCUT2D eigenvalue weighted by molar-refractivity contribution is 6.35. The summed E-state index contributed by atoms with van der Waals surface area (Å²) >= 11 is 11.8. The molecule has 1 aliphatic heterocycles. The minimum Gasteiger partial charge on any atom is -0.369 e. The molecule has 0 radical (unpaired) electrons. The van der Waals surface area contributed by atoms with Gasteiger partial charge in [0.1, 0.15) is 0 Å². The van der Waals surface area contributed by atoms with E-state index in [0.717, 1.165) is 5.56 Å². The van der Waals surface area contributed by atoms with Crippen LogP contribution in [-0.4, -0.2) is 29.8 Å². The van der Waals surface area contributed by atoms with Crippen molar-refractivity contribution in [3.63, 3.8) is 0 Å². The zero-order chi connectivity index (χ0) is 14.7. The first kappa shape index (κ1) is 14.9. The Morgan fingerprint density at radius 1 is 1.35 bits per heavy atom. The van der Waals surface area contributed by atoms with Gasteiger partial charge in [-0.1, -0.05) is 29.3 Å². The Morgan fingerprint density at radius 3 is 2.70 bits per heavy atom. The molecule has 2 amide bonds. The average Bonchev–Trinajstić information content (AvgIpc) is 2.87. The predicted octanol–water partition coefficient (Wildman–Crippen LogP) is 2.34. The van der Waals surface area contributed by atoms with Crippen molar-refractivity contribution in [2.45, 2.75) is 6.42 Å². The highest BCUT2D eigenvalue weighted by Crippen LogP contribution is 2.22. The van der Waals surface area contributed by atoms with E-state index in [4.69, 9.17) is 28.9 Å². The molecule has 0 unspecified atom stereocenters. The van der Waals surface area contributed by atoms with E-state index >= 15 is 0 Å². The number of primary amides is 1. The molecular formula is C14H14Cl2N2O2. The summed E-state index contributed by atoms with van der Waals surface area (Å²) in [7, 11) is 0. The quantitative estimate of drug-likeness (QED) is 0.871. The maximum atomic E-state index is 12.0. The molecule has 4 nitrogen and oxygen atoms in total. The highest BCUT2D eigenvalue weighted by Gasteiger charge is 2.28. The molecule has 6 heteroatoms. The normalized spacial score (nSPS) is 18.7. The van der Waals surface area contributed by atoms with Gasteiger partial charge in [-0.25, -0.2) is 0 Å². The molecule has 2 N–H and O–H groups in total. The lowest BCUT2D eigenvalue weighted by atomic mass is 10.1. The number of nitrogens with zero attached hydrogens (tertiary/aromatic N) is 1. The summed E-state index contributed by atoms with van der Waals surface area (Å²) < 4.78 is 0. The van der Waals surface area contributed by atoms with Gasteiger partial charge in [-0.05, 0) is 30.2 Å². The molecule has 0 spiro atoms. The number of benzene rings is 1. The molecule has 0 saturated carbocycles. The largest absolute Gasteiger partial charge is 0.369 e. The molecule has 2 rings (SSSR count). The zero-order valence-corrected chi connectivity index (χ0v) is 12.2. The Labute approximate surface area is 127 Å². The Bertz CT molecular complexity index is 572. The lowest BCUT2D eigenvalue weighted by molar-refractivity contribution is -0.125. The molecule has 1 saturated heterocycles. The first-order chi connectivity index (χ1) is 9.47. The number of carbonyl (C=O) groups is 2. The van der Waals surface area contributed by atoms with Gasteiger partial charge in [0.2, 0.25) is 11.8 Å². The summed E-state index contributed by atoms with van der Waals surface area (Å²) in [6, 6.07) is 5.06. The van der Waals surface area contributed by atoms with Crippen LogP contribution in [0.25, 0.3) is 6.08 Å². The van der Waals surface area contributed by atoms with Crippen LogP contribution in [0.1, 0.15) is 12.0 Å². The Kier molecular flexibility index (Phi) is 4.68. The van der Waals surface area contributed by atoms with E-state index in [1.165, 1.54) is 6.08 Å². The van der Waals surface area contributed by atoms with E-state index in [2.05, 4.69) is 0 Å². The first-order valence-corrected chi connectivity index (χ1v) is 6.94. The minimum absolute atomic E-state index is 0.153. The molecule has 1 heterocycles. The fourth-order valence-corrected chi connectivity index (χ4v) is 2.57. The smallest absolute Gasteiger partial charge is 0.246 e. The number of nitrogens with two attached hydrogens (primary N) is 1. The van der Waals surface area contributed by atoms with Gasteiger partial charge in [0.25, 0.3) is 0 Å². The van der Waals surface area contributed by atoms with Crippen molar-refractivity contribution >= 4 is 41.1 Å². The van der Waals surface area contributed by atoms with Crippen LogP contribution in [0.3, 0.4) is 0 Å². The van der Waals surface area contributed by atoms with Crippen molar-refractivity contribution in [1.29, 1.82) is 0 Å². The van der Waals surface area contributed by atoms with Crippen molar-refractivity contribution in [3.05, 3.63) is 39.9 Å². The van der Waals surface area contributed by atoms with Crippen molar-refractivity contribution in [1.82, 2.24) is 4.90 Å². The highest BCUT2D eigenvalue weighted by atomic mass is 35.5. The molecule has 0 aliphatic carbocycles. The van der Waals surface area contributed by atoms with Crippen LogP contribution < -0.4 is 5.73 Å². The van der Waals surface area contributed by atoms with Gasteiger partial charge in [-0.2, -0.15) is 0 Å². The van der Waals surface area contributed by atoms with Gasteiger partial charge >= 0.3 is 0 Å². The summed E-state index contributed by atoms with van der Waals surface area (Å²) in [6.07, 6.45) is 3.70. The molecule has 0 aromatic heterocycles. The molecule has 0 bridgehead atoms. The monoisotopic (exact) mass is 312 g/mol. The van der Waals surface area contributed by atoms with Crippen LogP contribution in [0.4, 0.5) is 0 Å². The fraction of sp³-hybridized carbons (Fsp3) is 0.286. The number of likely N-dealkylation sites (tertiary alicyclic amines) is 1. The number of hydrogen-bond acceptors (Lipinski definition) is 2. The molecule has 1 aromatic rings. The number of rotatable bonds is 3. The van der Waals surface area contributed by atoms with E-state index in [1.807, 2.05) is 0 Å². The molecule has 106 valence electrons. The molecule has 1 aliphatic rings. The maximum Gasteiger partial charge on any atom is 0.246 e. The lowest BCUT2D eigenvalue weighted by Gasteiger charge is -2.13. The first-order valence-electron chi connectivity index (χ1n) is 6.18. The minimum atomic E-state index is -0.356. The zero-order valence-electron chi connectivity index (χ0n) is 10.7. The van der Waals surface area contributed by atoms with Crippen LogP contribution in [0.2, 0.25) is 10.0 Å². The molecule has 1 atom stereocenters. The number of amides is 2. The molecule has 1 fully saturated rings. The Balaban J connectivity index is 2.01. The second kappa shape index (κ2) is 6.29. The Hall–Kier alpha value is -1.52. The van der Waals surface area contributed by atoms with Crippen molar-refractivity contribution in [2.75, 3.05) is 13.1 Å². The van der Waals surface area contributed by atoms with Crippen LogP contribution in [0.5, 0.6) is 0 Å². The van der Waals surface area contributed by atoms with Crippen molar-refractivity contribution in [3.8, 4) is 0 Å². The van der Waals surface area contributed by atoms with Gasteiger partial charge in [-0.15, -0.1) is 0 Å². The maximum absolute atomic E-state index is 12.0. The van der Waals surface area contributed by atoms with Crippen LogP contribution >= 0.6 is 23.2 Å². The Morgan fingerprint density at radius 2 is 2.10 bits per heavy atom. The second-order valence-corrected chi connectivity index (χ2v) is 5.52. The standard InChI is InChI=1S/C14H14Cl2N2O2/c15-11-3-1-9(12(16)7-11)2-4-13(19)18-6-5-10(8-18)14(17)20/h1-4,7,10H,5-6,8H2,(H2,17,20)/b4-2-/t10-/m1/s1. The van der Waals surface area contributed by atoms with Crippen LogP contribution in [-0.2, 0) is 9.59 Å². The average molecular weight is 313 g/mol. The van der Waals surface area contributed by atoms with Gasteiger partial charge in [0.05, 0.1) is 5.92 Å². The summed E-state index contributed by atoms with van der Waals surface area (Å²) in [5.41, 5.74) is 5.95. The van der Waals surface area contributed by atoms with E-state index in [0.29, 0.717) is 29.6 Å². The predicted molar refractivity (Wildman–Crippen MR) is 79.4 cm³/mol. The van der Waals surface area contributed by atoms with E-state index in [9.17, 15) is 9.59 Å². The van der Waals surface area contributed by atoms with Crippen molar-refractivity contribution in [2.24, 2.45) is 11.7 Å². The SMILES string of the molecule is NC(=O)[C@@H]1CCN(C(=O)/C=C\c2ccc(Cl)cc2Cl)C1. The molecular weight excluding hydrogens is 299 g/mol. The van der Waals surface area contributed by atoms with Gasteiger partial charge in [0, 0.05) is 29.2 Å². The third-order valence-electron chi connectivity index (χ3n) is 3.27. The third-order valence-corrected chi connectivity index (χ3v) is 3.83. The molecule has 20 heavy (non-hydrogen) atoms. The summed E-state index contributed by atoms with van der Waals surface area (Å²) in [6.45, 7) is 0.929. The van der Waals surface area contributed by atoms with E-state index in [-0.39, 0.29) is 17.7 Å². The lowest BCUT2D eigenvalue weighted by Crippen LogP contribution is -2.30. The van der Waals surface area contributed by atoms with Gasteiger partial charge < -0.3 is 10.6 Å². The summed E-state index contributed by atoms with van der Waals surface area (Å²) in [5, 5.41) is 1.03. The number of carbonyl (C=O) groups excluding carboxylic acids is 2. The number of halogens is 2.